The Hall–Kier alpha value is -1.92. The number of hydrogen-bond donors (Lipinski definition) is 3. The van der Waals surface area contributed by atoms with E-state index in [1.165, 1.54) is 31.4 Å². The molecule has 5 atom stereocenters. The van der Waals surface area contributed by atoms with E-state index in [0.717, 1.165) is 0 Å². The van der Waals surface area contributed by atoms with E-state index in [0.29, 0.717) is 16.1 Å². The van der Waals surface area contributed by atoms with Crippen LogP contribution in [-0.2, 0) is 21.7 Å². The lowest BCUT2D eigenvalue weighted by Crippen LogP contribution is -2.65. The van der Waals surface area contributed by atoms with Crippen LogP contribution in [0.2, 0.25) is 5.02 Å². The number of halogens is 4. The van der Waals surface area contributed by atoms with E-state index in [1.54, 1.807) is 18.2 Å². The zero-order chi connectivity index (χ0) is 24.4. The first-order valence-corrected chi connectivity index (χ1v) is 10.3. The Bertz CT molecular complexity index is 939. The molecule has 0 radical (unpaired) electrons. The van der Waals surface area contributed by atoms with Gasteiger partial charge in [-0.2, -0.15) is 13.2 Å². The topological polar surface area (TPSA) is 111 Å². The molecule has 7 nitrogen and oxygen atoms in total. The van der Waals surface area contributed by atoms with Gasteiger partial charge in [0.25, 0.3) is 0 Å². The number of alkyl halides is 3. The zero-order valence-electron chi connectivity index (χ0n) is 17.5. The van der Waals surface area contributed by atoms with E-state index < -0.39 is 49.6 Å². The van der Waals surface area contributed by atoms with Gasteiger partial charge in [-0.15, -0.1) is 6.61 Å². The Morgan fingerprint density at radius 3 is 2.33 bits per heavy atom. The van der Waals surface area contributed by atoms with Crippen molar-refractivity contribution in [2.24, 2.45) is 0 Å². The highest BCUT2D eigenvalue weighted by Crippen LogP contribution is 2.40. The van der Waals surface area contributed by atoms with Crippen LogP contribution in [0.1, 0.15) is 16.7 Å². The van der Waals surface area contributed by atoms with Gasteiger partial charge in [-0.3, -0.25) is 0 Å². The average Bonchev–Trinajstić information content (AvgIpc) is 2.79. The van der Waals surface area contributed by atoms with Gasteiger partial charge in [-0.25, -0.2) is 0 Å². The van der Waals surface area contributed by atoms with E-state index in [4.69, 9.17) is 25.8 Å². The largest absolute Gasteiger partial charge is 0.853 e. The molecular weight excluding hydrogens is 469 g/mol. The fourth-order valence-electron chi connectivity index (χ4n) is 3.67. The van der Waals surface area contributed by atoms with E-state index in [1.807, 2.05) is 0 Å². The second kappa shape index (κ2) is 10.1. The van der Waals surface area contributed by atoms with Gasteiger partial charge in [-0.05, 0) is 41.8 Å². The van der Waals surface area contributed by atoms with E-state index in [2.05, 4.69) is 0 Å². The predicted molar refractivity (Wildman–Crippen MR) is 109 cm³/mol. The zero-order valence-corrected chi connectivity index (χ0v) is 18.2. The normalized spacial score (nSPS) is 28.0. The molecule has 0 saturated carbocycles. The van der Waals surface area contributed by atoms with Crippen LogP contribution in [0, 0.1) is 0 Å². The average molecular weight is 492 g/mol. The maximum atomic E-state index is 12.3. The standard InChI is InChI=1S/C22H23ClF3O7/c1-31-22(20(30)19(29)18(28)17(10-27)33-22)14-4-7-16(23)13(9-14)8-12-2-5-15(6-3-12)32-11-21(24,25)26/h2-7,9,17-20,28-30H,8,10-11H2,1H3/q-1/t17?,18-,19+,20-,22+/m1/s1. The van der Waals surface area contributed by atoms with Gasteiger partial charge in [0.15, 0.2) is 6.61 Å². The van der Waals surface area contributed by atoms with Crippen LogP contribution in [0.5, 0.6) is 5.75 Å². The molecule has 11 heteroatoms. The predicted octanol–water partition coefficient (Wildman–Crippen LogP) is 1.51. The van der Waals surface area contributed by atoms with Crippen molar-refractivity contribution >= 4 is 11.6 Å². The van der Waals surface area contributed by atoms with Gasteiger partial charge in [0.1, 0.15) is 24.1 Å². The summed E-state index contributed by atoms with van der Waals surface area (Å²) in [7, 11) is 1.23. The molecule has 1 saturated heterocycles. The maximum Gasteiger partial charge on any atom is 0.422 e. The quantitative estimate of drug-likeness (QED) is 0.538. The molecule has 1 aliphatic heterocycles. The minimum absolute atomic E-state index is 0.0594. The van der Waals surface area contributed by atoms with Crippen molar-refractivity contribution < 1.29 is 47.8 Å². The van der Waals surface area contributed by atoms with Crippen molar-refractivity contribution in [3.63, 3.8) is 0 Å². The number of aliphatic hydroxyl groups excluding tert-OH is 3. The highest BCUT2D eigenvalue weighted by molar-refractivity contribution is 6.31. The Balaban J connectivity index is 1.86. The Morgan fingerprint density at radius 1 is 1.09 bits per heavy atom. The second-order valence-corrected chi connectivity index (χ2v) is 8.06. The minimum atomic E-state index is -4.44. The van der Waals surface area contributed by atoms with Gasteiger partial charge in [0.2, 0.25) is 5.79 Å². The smallest absolute Gasteiger partial charge is 0.422 e. The molecule has 3 rings (SSSR count). The Morgan fingerprint density at radius 2 is 1.76 bits per heavy atom. The summed E-state index contributed by atoms with van der Waals surface area (Å²) in [6.45, 7) is -2.27. The fraction of sp³-hybridized carbons (Fsp3) is 0.455. The first kappa shape index (κ1) is 25.7. The molecular formula is C22H23ClF3O7-. The molecule has 3 N–H and O–H groups in total. The summed E-state index contributed by atoms with van der Waals surface area (Å²) in [5.74, 6) is -1.87. The third-order valence-corrected chi connectivity index (χ3v) is 5.77. The number of ether oxygens (including phenoxy) is 3. The third-order valence-electron chi connectivity index (χ3n) is 5.41. The van der Waals surface area contributed by atoms with Crippen molar-refractivity contribution in [2.75, 3.05) is 20.3 Å². The van der Waals surface area contributed by atoms with Crippen LogP contribution in [0.4, 0.5) is 13.2 Å². The van der Waals surface area contributed by atoms with Crippen molar-refractivity contribution in [3.8, 4) is 5.75 Å². The summed E-state index contributed by atoms with van der Waals surface area (Å²) >= 11 is 6.32. The molecule has 1 fully saturated rings. The second-order valence-electron chi connectivity index (χ2n) is 7.65. The fourth-order valence-corrected chi connectivity index (χ4v) is 3.85. The number of hydrogen-bond acceptors (Lipinski definition) is 7. The van der Waals surface area contributed by atoms with E-state index in [9.17, 15) is 33.6 Å². The molecule has 1 unspecified atom stereocenters. The molecule has 0 aliphatic carbocycles. The Kier molecular flexibility index (Phi) is 7.90. The lowest BCUT2D eigenvalue weighted by molar-refractivity contribution is -0.435. The first-order chi connectivity index (χ1) is 15.5. The molecule has 0 amide bonds. The van der Waals surface area contributed by atoms with Gasteiger partial charge >= 0.3 is 6.18 Å². The summed E-state index contributed by atoms with van der Waals surface area (Å²) < 4.78 is 52.6. The first-order valence-electron chi connectivity index (χ1n) is 9.93. The van der Waals surface area contributed by atoms with E-state index in [-0.39, 0.29) is 17.7 Å². The highest BCUT2D eigenvalue weighted by atomic mass is 35.5. The van der Waals surface area contributed by atoms with Gasteiger partial charge < -0.3 is 34.6 Å². The number of methoxy groups -OCH3 is 1. The van der Waals surface area contributed by atoms with Crippen molar-refractivity contribution in [2.45, 2.75) is 42.8 Å². The Labute approximate surface area is 192 Å². The number of aliphatic hydroxyl groups is 3. The van der Waals surface area contributed by atoms with E-state index >= 15 is 0 Å². The highest BCUT2D eigenvalue weighted by Gasteiger charge is 2.54. The van der Waals surface area contributed by atoms with Crippen LogP contribution < -0.4 is 9.84 Å². The van der Waals surface area contributed by atoms with Crippen LogP contribution in [0.3, 0.4) is 0 Å². The van der Waals surface area contributed by atoms with Crippen molar-refractivity contribution in [3.05, 3.63) is 64.2 Å². The number of benzene rings is 2. The molecule has 0 bridgehead atoms. The van der Waals surface area contributed by atoms with Crippen molar-refractivity contribution in [1.82, 2.24) is 0 Å². The maximum absolute atomic E-state index is 12.3. The van der Waals surface area contributed by atoms with Crippen LogP contribution in [0.15, 0.2) is 42.5 Å². The summed E-state index contributed by atoms with van der Waals surface area (Å²) in [4.78, 5) is 0. The van der Waals surface area contributed by atoms with Crippen LogP contribution >= 0.6 is 11.6 Å². The molecule has 1 aliphatic rings. The van der Waals surface area contributed by atoms with Crippen molar-refractivity contribution in [1.29, 1.82) is 0 Å². The lowest BCUT2D eigenvalue weighted by atomic mass is 9.87. The van der Waals surface area contributed by atoms with Crippen LogP contribution in [0.25, 0.3) is 0 Å². The minimum Gasteiger partial charge on any atom is -0.853 e. The molecule has 1 heterocycles. The molecule has 182 valence electrons. The summed E-state index contributed by atoms with van der Waals surface area (Å²) in [6.07, 6.45) is -10.5. The number of rotatable bonds is 7. The summed E-state index contributed by atoms with van der Waals surface area (Å²) in [5, 5.41) is 42.7. The SMILES string of the molecule is CO[C@@]1(c2ccc(Cl)c(Cc3ccc(OCC(F)(F)F)cc3)c2)OC(C[O-])[C@@H](O)[C@H](O)[C@H]1O. The summed E-state index contributed by atoms with van der Waals surface area (Å²) in [6, 6.07) is 10.6. The molecule has 33 heavy (non-hydrogen) atoms. The monoisotopic (exact) mass is 491 g/mol. The third kappa shape index (κ3) is 5.60. The molecule has 0 aromatic heterocycles. The van der Waals surface area contributed by atoms with Gasteiger partial charge in [-0.1, -0.05) is 29.8 Å². The van der Waals surface area contributed by atoms with Crippen LogP contribution in [-0.4, -0.2) is 66.2 Å². The summed E-state index contributed by atoms with van der Waals surface area (Å²) in [5.41, 5.74) is 1.52. The lowest BCUT2D eigenvalue weighted by Gasteiger charge is -2.49. The molecule has 2 aromatic rings. The van der Waals surface area contributed by atoms with Gasteiger partial charge in [0, 0.05) is 17.7 Å². The molecule has 2 aromatic carbocycles. The molecule has 0 spiro atoms. The van der Waals surface area contributed by atoms with Gasteiger partial charge in [0.05, 0.1) is 6.10 Å².